The number of H-pyrrole nitrogens is 1. The molecule has 2 aromatic carbocycles. The summed E-state index contributed by atoms with van der Waals surface area (Å²) >= 11 is 0. The van der Waals surface area contributed by atoms with Crippen molar-refractivity contribution in [1.29, 1.82) is 5.26 Å². The Balaban J connectivity index is 1.64. The third-order valence-electron chi connectivity index (χ3n) is 7.51. The lowest BCUT2D eigenvalue weighted by molar-refractivity contribution is -0.697. The molecular weight excluding hydrogens is 579 g/mol. The van der Waals surface area contributed by atoms with Gasteiger partial charge in [-0.1, -0.05) is 12.1 Å². The Kier molecular flexibility index (Phi) is 8.41. The number of carbonyl (C=O) groups is 1. The second-order valence-corrected chi connectivity index (χ2v) is 10.2. The number of hydrogen-bond acceptors (Lipinski definition) is 7. The van der Waals surface area contributed by atoms with Crippen LogP contribution in [0, 0.1) is 11.3 Å². The number of nitrogens with one attached hydrogen (secondary N) is 1. The van der Waals surface area contributed by atoms with Crippen molar-refractivity contribution < 1.29 is 32.4 Å². The van der Waals surface area contributed by atoms with E-state index in [9.17, 15) is 28.0 Å². The van der Waals surface area contributed by atoms with Crippen LogP contribution in [0.1, 0.15) is 41.6 Å². The standard InChI is InChI=1S/C30H28F3N7O4/c1-19-25(27(42)44-2)26(40-28(35-36-29(40)43)39(19)23-6-3-5-22(16-23)30(31,32)33)24-8-7-20(17-34)15-21(24)9-11-38-13-12-37(18-38)10-4-14-41/h3,5-8,12-13,15-16,18,26,41H,4,9-11,14H2,1-2H3/p+1/t26-/m1/s1. The molecule has 5 rings (SSSR count). The summed E-state index contributed by atoms with van der Waals surface area (Å²) in [6, 6.07) is 10.5. The highest BCUT2D eigenvalue weighted by atomic mass is 19.4. The number of nitrogens with zero attached hydrogens (tertiary/aromatic N) is 6. The molecule has 0 spiro atoms. The maximum Gasteiger partial charge on any atom is 0.416 e. The van der Waals surface area contributed by atoms with Gasteiger partial charge in [0.25, 0.3) is 0 Å². The van der Waals surface area contributed by atoms with Gasteiger partial charge in [0, 0.05) is 30.8 Å². The number of aliphatic hydroxyl groups excluding tert-OH is 1. The van der Waals surface area contributed by atoms with Gasteiger partial charge in [-0.3, -0.25) is 4.90 Å². The topological polar surface area (TPSA) is 133 Å². The largest absolute Gasteiger partial charge is 0.466 e. The van der Waals surface area contributed by atoms with Crippen molar-refractivity contribution in [2.45, 2.75) is 45.1 Å². The van der Waals surface area contributed by atoms with Crippen LogP contribution in [0.25, 0.3) is 0 Å². The van der Waals surface area contributed by atoms with E-state index in [1.807, 2.05) is 27.9 Å². The van der Waals surface area contributed by atoms with Crippen LogP contribution in [-0.2, 0) is 35.2 Å². The van der Waals surface area contributed by atoms with Gasteiger partial charge in [-0.25, -0.2) is 28.4 Å². The molecule has 228 valence electrons. The van der Waals surface area contributed by atoms with Gasteiger partial charge in [0.15, 0.2) is 0 Å². The summed E-state index contributed by atoms with van der Waals surface area (Å²) in [6.45, 7) is 2.75. The average Bonchev–Trinajstić information content (AvgIpc) is 3.63. The van der Waals surface area contributed by atoms with Crippen LogP contribution in [-0.4, -0.2) is 44.1 Å². The molecule has 0 radical (unpaired) electrons. The van der Waals surface area contributed by atoms with Gasteiger partial charge in [-0.05, 0) is 48.4 Å². The number of aromatic amines is 1. The molecule has 1 aliphatic heterocycles. The molecule has 11 nitrogen and oxygen atoms in total. The van der Waals surface area contributed by atoms with Gasteiger partial charge in [-0.2, -0.15) is 18.4 Å². The maximum absolute atomic E-state index is 13.6. The van der Waals surface area contributed by atoms with Crippen LogP contribution in [0.4, 0.5) is 24.8 Å². The second kappa shape index (κ2) is 12.2. The Morgan fingerprint density at radius 1 is 1.25 bits per heavy atom. The number of aryl methyl sites for hydroxylation is 3. The lowest BCUT2D eigenvalue weighted by Crippen LogP contribution is -2.38. The van der Waals surface area contributed by atoms with Crippen molar-refractivity contribution in [1.82, 2.24) is 19.3 Å². The average molecular weight is 609 g/mol. The first-order chi connectivity index (χ1) is 21.1. The zero-order valence-electron chi connectivity index (χ0n) is 23.9. The first-order valence-electron chi connectivity index (χ1n) is 13.7. The number of nitriles is 1. The quantitative estimate of drug-likeness (QED) is 0.220. The Morgan fingerprint density at radius 2 is 2.05 bits per heavy atom. The molecule has 4 aromatic rings. The Hall–Kier alpha value is -5.16. The number of imidazole rings is 1. The number of fused-ring (bicyclic) bond motifs is 1. The maximum atomic E-state index is 13.6. The number of carbonyl (C=O) groups excluding carboxylic acids is 1. The van der Waals surface area contributed by atoms with E-state index in [2.05, 4.69) is 16.3 Å². The van der Waals surface area contributed by atoms with Crippen LogP contribution < -0.4 is 15.2 Å². The molecular formula is C30H29F3N7O4+. The van der Waals surface area contributed by atoms with E-state index in [1.54, 1.807) is 25.1 Å². The first kappa shape index (κ1) is 30.3. The summed E-state index contributed by atoms with van der Waals surface area (Å²) in [7, 11) is 1.18. The van der Waals surface area contributed by atoms with Crippen LogP contribution in [0.15, 0.2) is 77.3 Å². The fourth-order valence-electron chi connectivity index (χ4n) is 5.44. The molecule has 3 heterocycles. The van der Waals surface area contributed by atoms with E-state index in [1.165, 1.54) is 28.7 Å². The summed E-state index contributed by atoms with van der Waals surface area (Å²) in [4.78, 5) is 28.0. The number of halogens is 3. The number of methoxy groups -OCH3 is 1. The zero-order chi connectivity index (χ0) is 31.6. The van der Waals surface area contributed by atoms with Crippen LogP contribution in [0.3, 0.4) is 0 Å². The molecule has 44 heavy (non-hydrogen) atoms. The summed E-state index contributed by atoms with van der Waals surface area (Å²) in [5.74, 6) is -0.802. The summed E-state index contributed by atoms with van der Waals surface area (Å²) in [5, 5.41) is 25.3. The Bertz CT molecular complexity index is 1830. The smallest absolute Gasteiger partial charge is 0.416 e. The zero-order valence-corrected chi connectivity index (χ0v) is 23.9. The van der Waals surface area contributed by atoms with E-state index >= 15 is 0 Å². The summed E-state index contributed by atoms with van der Waals surface area (Å²) in [6.07, 6.45) is 2.03. The fourth-order valence-corrected chi connectivity index (χ4v) is 5.44. The number of aromatic nitrogens is 5. The Labute approximate surface area is 249 Å². The number of benzene rings is 2. The van der Waals surface area contributed by atoms with E-state index in [4.69, 9.17) is 9.84 Å². The molecule has 1 aliphatic rings. The molecule has 0 saturated heterocycles. The fraction of sp³-hybridized carbons (Fsp3) is 0.300. The lowest BCUT2D eigenvalue weighted by Gasteiger charge is -2.36. The van der Waals surface area contributed by atoms with Crippen molar-refractivity contribution in [3.8, 4) is 6.07 Å². The molecule has 1 atom stereocenters. The van der Waals surface area contributed by atoms with Crippen molar-refractivity contribution in [3.05, 3.63) is 105 Å². The number of esters is 1. The number of ether oxygens (including phenoxy) is 1. The van der Waals surface area contributed by atoms with Crippen LogP contribution >= 0.6 is 0 Å². The van der Waals surface area contributed by atoms with Crippen molar-refractivity contribution in [3.63, 3.8) is 0 Å². The number of rotatable bonds is 9. The van der Waals surface area contributed by atoms with Crippen LogP contribution in [0.2, 0.25) is 0 Å². The highest BCUT2D eigenvalue weighted by Gasteiger charge is 2.41. The number of hydrogen-bond donors (Lipinski definition) is 2. The molecule has 2 N–H and O–H groups in total. The Morgan fingerprint density at radius 3 is 2.75 bits per heavy atom. The SMILES string of the molecule is COC(=O)C1=C(C)N(c2cccc(C(F)(F)F)c2)c2n[nH]c(=O)n2[C@@H]1c1ccc(C#N)cc1CCn1cc[n+](CCCO)c1. The van der Waals surface area contributed by atoms with Crippen molar-refractivity contribution in [2.24, 2.45) is 0 Å². The molecule has 0 amide bonds. The molecule has 14 heteroatoms. The third kappa shape index (κ3) is 5.73. The van der Waals surface area contributed by atoms with Gasteiger partial charge in [0.1, 0.15) is 18.4 Å². The normalized spacial score (nSPS) is 14.8. The lowest BCUT2D eigenvalue weighted by atomic mass is 9.89. The van der Waals surface area contributed by atoms with Gasteiger partial charge in [0.2, 0.25) is 12.3 Å². The minimum Gasteiger partial charge on any atom is -0.466 e. The molecule has 0 bridgehead atoms. The number of alkyl halides is 3. The van der Waals surface area contributed by atoms with E-state index in [0.717, 1.165) is 12.1 Å². The molecule has 0 unspecified atom stereocenters. The first-order valence-corrected chi connectivity index (χ1v) is 13.7. The summed E-state index contributed by atoms with van der Waals surface area (Å²) in [5.41, 5.74) is 0.249. The van der Waals surface area contributed by atoms with Crippen LogP contribution in [0.5, 0.6) is 0 Å². The van der Waals surface area contributed by atoms with Gasteiger partial charge < -0.3 is 9.84 Å². The van der Waals surface area contributed by atoms with E-state index in [-0.39, 0.29) is 29.5 Å². The monoisotopic (exact) mass is 608 g/mol. The minimum absolute atomic E-state index is 0.0184. The predicted molar refractivity (Wildman–Crippen MR) is 150 cm³/mol. The van der Waals surface area contributed by atoms with Gasteiger partial charge in [-0.15, -0.1) is 5.10 Å². The molecule has 0 aliphatic carbocycles. The highest BCUT2D eigenvalue weighted by Crippen LogP contribution is 2.43. The number of aliphatic hydroxyl groups is 1. The molecule has 0 fully saturated rings. The minimum atomic E-state index is -4.63. The number of anilines is 2. The van der Waals surface area contributed by atoms with Gasteiger partial charge >= 0.3 is 17.8 Å². The van der Waals surface area contributed by atoms with Crippen molar-refractivity contribution >= 4 is 17.6 Å². The van der Waals surface area contributed by atoms with Crippen molar-refractivity contribution in [2.75, 3.05) is 18.6 Å². The highest BCUT2D eigenvalue weighted by molar-refractivity contribution is 5.93. The molecule has 0 saturated carbocycles. The third-order valence-corrected chi connectivity index (χ3v) is 7.51. The van der Waals surface area contributed by atoms with Gasteiger partial charge in [0.05, 0.1) is 43.0 Å². The van der Waals surface area contributed by atoms with E-state index in [0.29, 0.717) is 42.6 Å². The predicted octanol–water partition coefficient (Wildman–Crippen LogP) is 3.36. The van der Waals surface area contributed by atoms with E-state index < -0.39 is 29.4 Å². The summed E-state index contributed by atoms with van der Waals surface area (Å²) < 4.78 is 51.1. The number of allylic oxidation sites excluding steroid dienone is 1. The second-order valence-electron chi connectivity index (χ2n) is 10.2. The molecule has 2 aromatic heterocycles.